The number of amides is 1. The van der Waals surface area contributed by atoms with Crippen molar-refractivity contribution < 1.29 is 23.3 Å². The number of hydrogen-bond acceptors (Lipinski definition) is 6. The van der Waals surface area contributed by atoms with Gasteiger partial charge in [0.2, 0.25) is 0 Å². The maximum absolute atomic E-state index is 12.4. The number of carbonyl (C=O) groups is 1. The molecule has 0 N–H and O–H groups in total. The molecular weight excluding hydrogens is 399 g/mol. The van der Waals surface area contributed by atoms with Crippen LogP contribution in [0.2, 0.25) is 18.1 Å². The Morgan fingerprint density at radius 1 is 1.20 bits per heavy atom. The van der Waals surface area contributed by atoms with Crippen molar-refractivity contribution in [1.82, 2.24) is 4.98 Å². The van der Waals surface area contributed by atoms with Gasteiger partial charge in [0.25, 0.3) is 0 Å². The number of nitrogens with zero attached hydrogens (tertiary/aromatic N) is 2. The lowest BCUT2D eigenvalue weighted by atomic mass is 9.84. The van der Waals surface area contributed by atoms with Crippen LogP contribution in [0.1, 0.15) is 48.5 Å². The van der Waals surface area contributed by atoms with Crippen molar-refractivity contribution in [3.8, 4) is 0 Å². The van der Waals surface area contributed by atoms with Crippen molar-refractivity contribution in [2.24, 2.45) is 0 Å². The van der Waals surface area contributed by atoms with Gasteiger partial charge in [0.1, 0.15) is 6.10 Å². The highest BCUT2D eigenvalue weighted by Gasteiger charge is 2.52. The Hall–Kier alpha value is -1.42. The zero-order valence-electron chi connectivity index (χ0n) is 19.7. The molecule has 0 bridgehead atoms. The fraction of sp³-hybridized carbons (Fsp3) is 0.714. The molecular formula is C21H35BN2O5Si. The van der Waals surface area contributed by atoms with E-state index < -0.39 is 26.6 Å². The third-order valence-electron chi connectivity index (χ3n) is 6.89. The lowest BCUT2D eigenvalue weighted by molar-refractivity contribution is 0.00578. The smallest absolute Gasteiger partial charge is 0.442 e. The Morgan fingerprint density at radius 2 is 1.80 bits per heavy atom. The van der Waals surface area contributed by atoms with Gasteiger partial charge in [0.15, 0.2) is 8.32 Å². The van der Waals surface area contributed by atoms with Crippen molar-refractivity contribution in [2.75, 3.05) is 18.1 Å². The van der Waals surface area contributed by atoms with Gasteiger partial charge in [-0.15, -0.1) is 0 Å². The van der Waals surface area contributed by atoms with Crippen LogP contribution >= 0.6 is 0 Å². The van der Waals surface area contributed by atoms with Crippen LogP contribution in [0.3, 0.4) is 0 Å². The van der Waals surface area contributed by atoms with Crippen LogP contribution in [0.15, 0.2) is 18.3 Å². The molecule has 0 saturated carbocycles. The molecule has 0 unspecified atom stereocenters. The van der Waals surface area contributed by atoms with Gasteiger partial charge in [-0.05, 0) is 58.0 Å². The van der Waals surface area contributed by atoms with Gasteiger partial charge < -0.3 is 18.5 Å². The van der Waals surface area contributed by atoms with E-state index in [1.54, 1.807) is 11.1 Å². The Kier molecular flexibility index (Phi) is 5.90. The summed E-state index contributed by atoms with van der Waals surface area (Å²) in [6, 6.07) is 3.69. The average Bonchev–Trinajstić information content (AvgIpc) is 3.08. The van der Waals surface area contributed by atoms with Crippen molar-refractivity contribution in [3.05, 3.63) is 18.3 Å². The van der Waals surface area contributed by atoms with Crippen LogP contribution in [0, 0.1) is 0 Å². The lowest BCUT2D eigenvalue weighted by Crippen LogP contribution is -2.43. The molecule has 1 aromatic heterocycles. The fourth-order valence-electron chi connectivity index (χ4n) is 3.00. The maximum atomic E-state index is 12.4. The van der Waals surface area contributed by atoms with Gasteiger partial charge in [-0.2, -0.15) is 0 Å². The summed E-state index contributed by atoms with van der Waals surface area (Å²) in [5, 5.41) is 0.114. The van der Waals surface area contributed by atoms with E-state index in [-0.39, 0.29) is 17.2 Å². The summed E-state index contributed by atoms with van der Waals surface area (Å²) in [5.74, 6) is 0. The first-order valence-corrected chi connectivity index (χ1v) is 13.5. The van der Waals surface area contributed by atoms with E-state index in [1.165, 1.54) is 0 Å². The first-order chi connectivity index (χ1) is 13.6. The average molecular weight is 434 g/mol. The Morgan fingerprint density at radius 3 is 2.30 bits per heavy atom. The highest BCUT2D eigenvalue weighted by atomic mass is 28.4. The van der Waals surface area contributed by atoms with Crippen LogP contribution in [0.5, 0.6) is 0 Å². The number of aromatic nitrogens is 1. The molecule has 2 fully saturated rings. The summed E-state index contributed by atoms with van der Waals surface area (Å²) < 4.78 is 23.8. The fourth-order valence-corrected chi connectivity index (χ4v) is 4.03. The van der Waals surface area contributed by atoms with Crippen molar-refractivity contribution in [2.45, 2.75) is 83.9 Å². The molecule has 2 saturated heterocycles. The monoisotopic (exact) mass is 434 g/mol. The van der Waals surface area contributed by atoms with E-state index in [9.17, 15) is 4.79 Å². The molecule has 2 aliphatic heterocycles. The molecule has 3 heterocycles. The predicted octanol–water partition coefficient (Wildman–Crippen LogP) is 3.73. The van der Waals surface area contributed by atoms with Crippen molar-refractivity contribution >= 4 is 32.8 Å². The van der Waals surface area contributed by atoms with E-state index >= 15 is 0 Å². The van der Waals surface area contributed by atoms with Crippen LogP contribution in [-0.4, -0.2) is 57.0 Å². The molecule has 166 valence electrons. The molecule has 0 aliphatic carbocycles. The number of rotatable bonds is 5. The molecule has 0 radical (unpaired) electrons. The molecule has 0 aromatic carbocycles. The quantitative estimate of drug-likeness (QED) is 0.658. The van der Waals surface area contributed by atoms with E-state index in [1.807, 2.05) is 39.8 Å². The van der Waals surface area contributed by atoms with Crippen LogP contribution < -0.4 is 10.5 Å². The minimum Gasteiger partial charge on any atom is -0.442 e. The second kappa shape index (κ2) is 7.62. The Balaban J connectivity index is 1.63. The topological polar surface area (TPSA) is 70.1 Å². The standard InChI is InChI=1S/C21H35BN2O5Si/c1-19(2,3)30(8,9)26-14-16-13-24(18(25)27-16)15-10-11-17(23-12-15)22-28-20(4,5)21(6,7)29-22/h10-12,16H,13-14H2,1-9H3/t16-/m1/s1. The normalized spacial score (nSPS) is 23.8. The van der Waals surface area contributed by atoms with E-state index in [2.05, 4.69) is 38.8 Å². The second-order valence-corrected chi connectivity index (χ2v) is 15.5. The van der Waals surface area contributed by atoms with E-state index in [0.29, 0.717) is 24.4 Å². The molecule has 3 rings (SSSR count). The van der Waals surface area contributed by atoms with Gasteiger partial charge in [-0.25, -0.2) is 4.79 Å². The zero-order valence-corrected chi connectivity index (χ0v) is 20.7. The Bertz CT molecular complexity index is 776. The third-order valence-corrected chi connectivity index (χ3v) is 11.4. The summed E-state index contributed by atoms with van der Waals surface area (Å²) in [5.41, 5.74) is 0.528. The summed E-state index contributed by atoms with van der Waals surface area (Å²) >= 11 is 0. The van der Waals surface area contributed by atoms with Gasteiger partial charge in [0, 0.05) is 0 Å². The van der Waals surface area contributed by atoms with Crippen molar-refractivity contribution in [1.29, 1.82) is 0 Å². The first kappa shape index (κ1) is 23.2. The molecule has 9 heteroatoms. The largest absolute Gasteiger partial charge is 0.514 e. The maximum Gasteiger partial charge on any atom is 0.514 e. The molecule has 1 aromatic rings. The molecule has 1 amide bonds. The lowest BCUT2D eigenvalue weighted by Gasteiger charge is -2.36. The molecule has 0 spiro atoms. The molecule has 1 atom stereocenters. The SMILES string of the molecule is CC1(C)OB(c2ccc(N3C[C@H](CO[Si](C)(C)C(C)(C)C)OC3=O)cn2)OC1(C)C. The molecule has 30 heavy (non-hydrogen) atoms. The third kappa shape index (κ3) is 4.44. The predicted molar refractivity (Wildman–Crippen MR) is 121 cm³/mol. The van der Waals surface area contributed by atoms with Gasteiger partial charge in [0.05, 0.1) is 41.8 Å². The minimum absolute atomic E-state index is 0.114. The number of carbonyl (C=O) groups excluding carboxylic acids is 1. The number of anilines is 1. The summed E-state index contributed by atoms with van der Waals surface area (Å²) in [7, 11) is -2.42. The van der Waals surface area contributed by atoms with Crippen LogP contribution in [-0.2, 0) is 18.5 Å². The number of cyclic esters (lactones) is 1. The number of pyridine rings is 1. The summed E-state index contributed by atoms with van der Waals surface area (Å²) in [6.45, 7) is 19.9. The first-order valence-electron chi connectivity index (χ1n) is 10.6. The molecule has 2 aliphatic rings. The minimum atomic E-state index is -1.89. The van der Waals surface area contributed by atoms with Crippen molar-refractivity contribution in [3.63, 3.8) is 0 Å². The summed E-state index contributed by atoms with van der Waals surface area (Å²) in [6.07, 6.45) is 1.01. The highest BCUT2D eigenvalue weighted by molar-refractivity contribution is 6.74. The van der Waals surface area contributed by atoms with Gasteiger partial charge >= 0.3 is 13.2 Å². The van der Waals surface area contributed by atoms with E-state index in [0.717, 1.165) is 0 Å². The van der Waals surface area contributed by atoms with Crippen LogP contribution in [0.4, 0.5) is 10.5 Å². The number of hydrogen-bond donors (Lipinski definition) is 0. The van der Waals surface area contributed by atoms with Gasteiger partial charge in [-0.1, -0.05) is 20.8 Å². The van der Waals surface area contributed by atoms with E-state index in [4.69, 9.17) is 18.5 Å². The second-order valence-electron chi connectivity index (χ2n) is 10.7. The Labute approximate surface area is 181 Å². The summed E-state index contributed by atoms with van der Waals surface area (Å²) in [4.78, 5) is 18.5. The number of ether oxygens (including phenoxy) is 1. The van der Waals surface area contributed by atoms with Gasteiger partial charge in [-0.3, -0.25) is 9.88 Å². The zero-order chi connectivity index (χ0) is 22.5. The van der Waals surface area contributed by atoms with Crippen LogP contribution in [0.25, 0.3) is 0 Å². The molecule has 7 nitrogen and oxygen atoms in total. The highest BCUT2D eigenvalue weighted by Crippen LogP contribution is 2.37.